The van der Waals surface area contributed by atoms with Gasteiger partial charge in [0, 0.05) is 12.6 Å². The van der Waals surface area contributed by atoms with Crippen LogP contribution in [0.2, 0.25) is 0 Å². The van der Waals surface area contributed by atoms with Crippen molar-refractivity contribution >= 4 is 16.5 Å². The minimum Gasteiger partial charge on any atom is -0.356 e. The Morgan fingerprint density at radius 2 is 2.29 bits per heavy atom. The number of nitrogens with one attached hydrogen (secondary N) is 1. The van der Waals surface area contributed by atoms with Crippen LogP contribution in [-0.4, -0.2) is 22.8 Å². The summed E-state index contributed by atoms with van der Waals surface area (Å²) in [4.78, 5) is 0. The van der Waals surface area contributed by atoms with E-state index >= 15 is 0 Å². The minimum atomic E-state index is 0.335. The van der Waals surface area contributed by atoms with Gasteiger partial charge in [0.05, 0.1) is 0 Å². The predicted octanol–water partition coefficient (Wildman–Crippen LogP) is 1.78. The van der Waals surface area contributed by atoms with Crippen molar-refractivity contribution in [3.05, 3.63) is 5.01 Å². The first-order chi connectivity index (χ1) is 6.76. The van der Waals surface area contributed by atoms with E-state index in [0.29, 0.717) is 12.6 Å². The number of rotatable bonds is 6. The Balaban J connectivity index is 2.40. The first-order valence-corrected chi connectivity index (χ1v) is 5.84. The smallest absolute Gasteiger partial charge is 0.205 e. The van der Waals surface area contributed by atoms with Crippen LogP contribution in [0.4, 0.5) is 5.13 Å². The topological polar surface area (TPSA) is 63.8 Å². The van der Waals surface area contributed by atoms with Crippen molar-refractivity contribution in [2.75, 3.05) is 11.9 Å². The Labute approximate surface area is 88.9 Å². The predicted molar refractivity (Wildman–Crippen MR) is 60.6 cm³/mol. The molecule has 0 aromatic carbocycles. The number of nitrogens with two attached hydrogens (primary N) is 1. The SMILES string of the molecule is CCCCC(CN)Nc1nnc(C)s1. The zero-order chi connectivity index (χ0) is 10.4. The third-order valence-electron chi connectivity index (χ3n) is 2.04. The van der Waals surface area contributed by atoms with Gasteiger partial charge in [-0.25, -0.2) is 0 Å². The molecule has 0 amide bonds. The van der Waals surface area contributed by atoms with E-state index < -0.39 is 0 Å². The molecule has 4 nitrogen and oxygen atoms in total. The molecule has 0 aliphatic carbocycles. The van der Waals surface area contributed by atoms with Crippen LogP contribution in [0.5, 0.6) is 0 Å². The molecular weight excluding hydrogens is 196 g/mol. The molecule has 0 spiro atoms. The van der Waals surface area contributed by atoms with Crippen LogP contribution in [0.1, 0.15) is 31.2 Å². The van der Waals surface area contributed by atoms with E-state index in [4.69, 9.17) is 5.73 Å². The average Bonchev–Trinajstić information content (AvgIpc) is 2.58. The Morgan fingerprint density at radius 1 is 1.50 bits per heavy atom. The van der Waals surface area contributed by atoms with Crippen LogP contribution >= 0.6 is 11.3 Å². The monoisotopic (exact) mass is 214 g/mol. The van der Waals surface area contributed by atoms with Gasteiger partial charge in [0.1, 0.15) is 5.01 Å². The highest BCUT2D eigenvalue weighted by Crippen LogP contribution is 2.16. The number of hydrogen-bond donors (Lipinski definition) is 2. The van der Waals surface area contributed by atoms with Crippen molar-refractivity contribution in [3.63, 3.8) is 0 Å². The molecule has 3 N–H and O–H groups in total. The van der Waals surface area contributed by atoms with Crippen LogP contribution in [0.15, 0.2) is 0 Å². The van der Waals surface area contributed by atoms with Gasteiger partial charge < -0.3 is 11.1 Å². The van der Waals surface area contributed by atoms with E-state index in [1.165, 1.54) is 12.8 Å². The Kier molecular flexibility index (Phi) is 4.82. The molecule has 0 aliphatic heterocycles. The lowest BCUT2D eigenvalue weighted by molar-refractivity contribution is 0.613. The van der Waals surface area contributed by atoms with E-state index in [-0.39, 0.29) is 0 Å². The van der Waals surface area contributed by atoms with Crippen LogP contribution < -0.4 is 11.1 Å². The number of unbranched alkanes of at least 4 members (excludes halogenated alkanes) is 1. The zero-order valence-corrected chi connectivity index (χ0v) is 9.60. The second kappa shape index (κ2) is 5.93. The highest BCUT2D eigenvalue weighted by molar-refractivity contribution is 7.15. The van der Waals surface area contributed by atoms with Gasteiger partial charge in [-0.1, -0.05) is 31.1 Å². The molecule has 0 saturated heterocycles. The molecule has 1 unspecified atom stereocenters. The molecular formula is C9H18N4S. The molecule has 0 radical (unpaired) electrons. The number of nitrogens with zero attached hydrogens (tertiary/aromatic N) is 2. The van der Waals surface area contributed by atoms with Crippen LogP contribution in [0.3, 0.4) is 0 Å². The molecule has 1 heterocycles. The maximum atomic E-state index is 5.66. The lowest BCUT2D eigenvalue weighted by Gasteiger charge is -2.14. The Bertz CT molecular complexity index is 261. The molecule has 1 aromatic heterocycles. The molecule has 14 heavy (non-hydrogen) atoms. The highest BCUT2D eigenvalue weighted by atomic mass is 32.1. The van der Waals surface area contributed by atoms with Gasteiger partial charge in [-0.2, -0.15) is 0 Å². The molecule has 1 aromatic rings. The molecule has 0 fully saturated rings. The third-order valence-corrected chi connectivity index (χ3v) is 2.81. The maximum Gasteiger partial charge on any atom is 0.205 e. The van der Waals surface area contributed by atoms with E-state index in [1.54, 1.807) is 11.3 Å². The summed E-state index contributed by atoms with van der Waals surface area (Å²) in [5, 5.41) is 13.1. The van der Waals surface area contributed by atoms with E-state index in [2.05, 4.69) is 22.4 Å². The van der Waals surface area contributed by atoms with Gasteiger partial charge in [0.15, 0.2) is 0 Å². The van der Waals surface area contributed by atoms with Gasteiger partial charge in [-0.05, 0) is 13.3 Å². The zero-order valence-electron chi connectivity index (χ0n) is 8.79. The molecule has 1 rings (SSSR count). The summed E-state index contributed by atoms with van der Waals surface area (Å²) in [6.07, 6.45) is 3.51. The van der Waals surface area contributed by atoms with Crippen molar-refractivity contribution in [3.8, 4) is 0 Å². The second-order valence-corrected chi connectivity index (χ2v) is 4.53. The van der Waals surface area contributed by atoms with Gasteiger partial charge in [0.25, 0.3) is 0 Å². The number of anilines is 1. The highest BCUT2D eigenvalue weighted by Gasteiger charge is 2.08. The van der Waals surface area contributed by atoms with Crippen molar-refractivity contribution in [2.24, 2.45) is 5.73 Å². The lowest BCUT2D eigenvalue weighted by atomic mass is 10.1. The molecule has 5 heteroatoms. The van der Waals surface area contributed by atoms with Crippen molar-refractivity contribution in [2.45, 2.75) is 39.2 Å². The molecule has 0 saturated carbocycles. The number of aryl methyl sites for hydroxylation is 1. The molecule has 0 aliphatic rings. The lowest BCUT2D eigenvalue weighted by Crippen LogP contribution is -2.28. The molecule has 0 bridgehead atoms. The largest absolute Gasteiger partial charge is 0.356 e. The fraction of sp³-hybridized carbons (Fsp3) is 0.778. The number of hydrogen-bond acceptors (Lipinski definition) is 5. The van der Waals surface area contributed by atoms with Gasteiger partial charge in [-0.15, -0.1) is 10.2 Å². The van der Waals surface area contributed by atoms with Crippen LogP contribution in [0, 0.1) is 6.92 Å². The average molecular weight is 214 g/mol. The van der Waals surface area contributed by atoms with Crippen LogP contribution in [-0.2, 0) is 0 Å². The van der Waals surface area contributed by atoms with Crippen molar-refractivity contribution in [1.82, 2.24) is 10.2 Å². The first-order valence-electron chi connectivity index (χ1n) is 5.03. The van der Waals surface area contributed by atoms with E-state index in [9.17, 15) is 0 Å². The first kappa shape index (κ1) is 11.4. The minimum absolute atomic E-state index is 0.335. The second-order valence-electron chi connectivity index (χ2n) is 3.35. The summed E-state index contributed by atoms with van der Waals surface area (Å²) in [7, 11) is 0. The number of aromatic nitrogens is 2. The molecule has 80 valence electrons. The fourth-order valence-corrected chi connectivity index (χ4v) is 1.90. The summed E-state index contributed by atoms with van der Waals surface area (Å²) in [6.45, 7) is 4.79. The van der Waals surface area contributed by atoms with Gasteiger partial charge in [0.2, 0.25) is 5.13 Å². The van der Waals surface area contributed by atoms with Crippen molar-refractivity contribution < 1.29 is 0 Å². The summed E-state index contributed by atoms with van der Waals surface area (Å²) in [6, 6.07) is 0.335. The fourth-order valence-electron chi connectivity index (χ4n) is 1.23. The molecule has 1 atom stereocenters. The third kappa shape index (κ3) is 3.59. The Morgan fingerprint density at radius 3 is 2.79 bits per heavy atom. The van der Waals surface area contributed by atoms with Crippen molar-refractivity contribution in [1.29, 1.82) is 0 Å². The quantitative estimate of drug-likeness (QED) is 0.757. The van der Waals surface area contributed by atoms with Crippen LogP contribution in [0.25, 0.3) is 0 Å². The van der Waals surface area contributed by atoms with Gasteiger partial charge >= 0.3 is 0 Å². The summed E-state index contributed by atoms with van der Waals surface area (Å²) >= 11 is 1.58. The van der Waals surface area contributed by atoms with E-state index in [1.807, 2.05) is 6.92 Å². The summed E-state index contributed by atoms with van der Waals surface area (Å²) < 4.78 is 0. The summed E-state index contributed by atoms with van der Waals surface area (Å²) in [5.74, 6) is 0. The Hall–Kier alpha value is -0.680. The normalized spacial score (nSPS) is 12.8. The standard InChI is InChI=1S/C9H18N4S/c1-3-4-5-8(6-10)11-9-13-12-7(2)14-9/h8H,3-6,10H2,1-2H3,(H,11,13). The van der Waals surface area contributed by atoms with Gasteiger partial charge in [-0.3, -0.25) is 0 Å². The maximum absolute atomic E-state index is 5.66. The summed E-state index contributed by atoms with van der Waals surface area (Å²) in [5.41, 5.74) is 5.66. The van der Waals surface area contributed by atoms with E-state index in [0.717, 1.165) is 16.6 Å².